The molecule has 0 saturated carbocycles. The summed E-state index contributed by atoms with van der Waals surface area (Å²) in [7, 11) is 0. The number of hydrogen-bond acceptors (Lipinski definition) is 3. The minimum atomic E-state index is -0.308. The van der Waals surface area contributed by atoms with Crippen molar-refractivity contribution in [2.45, 2.75) is 44.7 Å². The van der Waals surface area contributed by atoms with Gasteiger partial charge in [-0.25, -0.2) is 4.39 Å². The Labute approximate surface area is 165 Å². The summed E-state index contributed by atoms with van der Waals surface area (Å²) in [5.41, 5.74) is 2.01. The van der Waals surface area contributed by atoms with Gasteiger partial charge in [0.15, 0.2) is 0 Å². The molecule has 2 heterocycles. The van der Waals surface area contributed by atoms with E-state index >= 15 is 0 Å². The molecule has 4 nitrogen and oxygen atoms in total. The van der Waals surface area contributed by atoms with Crippen LogP contribution in [0.15, 0.2) is 48.5 Å². The SMILES string of the molecule is O=C(CC1COc2cc(F)ccc2N1Cc1ccccc1)N1CCCCCC1. The quantitative estimate of drug-likeness (QED) is 0.786. The standard InChI is InChI=1S/C23H27FN2O2/c24-19-10-11-21-22(14-19)28-17-20(26(21)16-18-8-4-3-5-9-18)15-23(27)25-12-6-1-2-7-13-25/h3-5,8-11,14,20H,1-2,6-7,12-13,15-17H2. The number of rotatable bonds is 4. The highest BCUT2D eigenvalue weighted by Crippen LogP contribution is 2.36. The molecular weight excluding hydrogens is 355 g/mol. The lowest BCUT2D eigenvalue weighted by Crippen LogP contribution is -2.46. The number of likely N-dealkylation sites (tertiary alicyclic amines) is 1. The van der Waals surface area contributed by atoms with Crippen molar-refractivity contribution in [2.24, 2.45) is 0 Å². The van der Waals surface area contributed by atoms with Crippen LogP contribution in [0, 0.1) is 5.82 Å². The van der Waals surface area contributed by atoms with Crippen LogP contribution in [0.1, 0.15) is 37.7 Å². The van der Waals surface area contributed by atoms with Crippen LogP contribution in [0.5, 0.6) is 5.75 Å². The van der Waals surface area contributed by atoms with E-state index in [0.717, 1.165) is 37.2 Å². The summed E-state index contributed by atoms with van der Waals surface area (Å²) in [5, 5.41) is 0. The molecule has 0 spiro atoms. The Kier molecular flexibility index (Phi) is 5.79. The highest BCUT2D eigenvalue weighted by molar-refractivity contribution is 5.78. The smallest absolute Gasteiger partial charge is 0.224 e. The van der Waals surface area contributed by atoms with Crippen LogP contribution >= 0.6 is 0 Å². The largest absolute Gasteiger partial charge is 0.489 e. The Morgan fingerprint density at radius 3 is 2.54 bits per heavy atom. The van der Waals surface area contributed by atoms with Crippen molar-refractivity contribution < 1.29 is 13.9 Å². The van der Waals surface area contributed by atoms with E-state index in [1.165, 1.54) is 25.0 Å². The van der Waals surface area contributed by atoms with E-state index in [0.29, 0.717) is 25.3 Å². The zero-order valence-corrected chi connectivity index (χ0v) is 16.1. The van der Waals surface area contributed by atoms with Gasteiger partial charge in [0.25, 0.3) is 0 Å². The monoisotopic (exact) mass is 382 g/mol. The second kappa shape index (κ2) is 8.63. The highest BCUT2D eigenvalue weighted by Gasteiger charge is 2.31. The third kappa shape index (κ3) is 4.29. The van der Waals surface area contributed by atoms with Gasteiger partial charge in [-0.1, -0.05) is 43.2 Å². The van der Waals surface area contributed by atoms with Crippen LogP contribution in [0.2, 0.25) is 0 Å². The lowest BCUT2D eigenvalue weighted by atomic mass is 10.1. The van der Waals surface area contributed by atoms with Crippen LogP contribution in [0.3, 0.4) is 0 Å². The van der Waals surface area contributed by atoms with Gasteiger partial charge < -0.3 is 14.5 Å². The zero-order valence-electron chi connectivity index (χ0n) is 16.1. The normalized spacial score (nSPS) is 19.5. The first kappa shape index (κ1) is 18.8. The van der Waals surface area contributed by atoms with Crippen molar-refractivity contribution in [3.05, 3.63) is 59.9 Å². The fraction of sp³-hybridized carbons (Fsp3) is 0.435. The molecule has 1 atom stereocenters. The fourth-order valence-electron chi connectivity index (χ4n) is 4.13. The summed E-state index contributed by atoms with van der Waals surface area (Å²) in [6, 6.07) is 14.8. The van der Waals surface area contributed by atoms with E-state index in [-0.39, 0.29) is 17.8 Å². The summed E-state index contributed by atoms with van der Waals surface area (Å²) in [5.74, 6) is 0.436. The Morgan fingerprint density at radius 1 is 1.04 bits per heavy atom. The number of carbonyl (C=O) groups excluding carboxylic acids is 1. The second-order valence-electron chi connectivity index (χ2n) is 7.69. The number of nitrogens with zero attached hydrogens (tertiary/aromatic N) is 2. The molecule has 0 aromatic heterocycles. The zero-order chi connectivity index (χ0) is 19.3. The van der Waals surface area contributed by atoms with Crippen LogP contribution in [0.25, 0.3) is 0 Å². The molecule has 1 amide bonds. The summed E-state index contributed by atoms with van der Waals surface area (Å²) in [6.45, 7) is 2.77. The van der Waals surface area contributed by atoms with Gasteiger partial charge in [0.2, 0.25) is 5.91 Å². The first-order chi connectivity index (χ1) is 13.7. The molecule has 2 aliphatic rings. The number of halogens is 1. The van der Waals surface area contributed by atoms with E-state index in [2.05, 4.69) is 17.0 Å². The molecule has 1 unspecified atom stereocenters. The fourth-order valence-corrected chi connectivity index (χ4v) is 4.13. The Hall–Kier alpha value is -2.56. The average Bonchev–Trinajstić information content (AvgIpc) is 3.00. The average molecular weight is 382 g/mol. The molecule has 1 fully saturated rings. The van der Waals surface area contributed by atoms with Crippen molar-refractivity contribution in [3.63, 3.8) is 0 Å². The van der Waals surface area contributed by atoms with Gasteiger partial charge in [-0.05, 0) is 30.5 Å². The van der Waals surface area contributed by atoms with Crippen molar-refractivity contribution in [1.82, 2.24) is 4.90 Å². The van der Waals surface area contributed by atoms with E-state index in [1.54, 1.807) is 6.07 Å². The van der Waals surface area contributed by atoms with Crippen LogP contribution in [-0.2, 0) is 11.3 Å². The van der Waals surface area contributed by atoms with Crippen molar-refractivity contribution in [2.75, 3.05) is 24.6 Å². The number of amides is 1. The number of benzene rings is 2. The van der Waals surface area contributed by atoms with E-state index in [4.69, 9.17) is 4.74 Å². The summed E-state index contributed by atoms with van der Waals surface area (Å²) in [6.07, 6.45) is 5.00. The van der Waals surface area contributed by atoms with E-state index in [9.17, 15) is 9.18 Å². The molecule has 0 N–H and O–H groups in total. The summed E-state index contributed by atoms with van der Waals surface area (Å²) >= 11 is 0. The second-order valence-corrected chi connectivity index (χ2v) is 7.69. The number of hydrogen-bond donors (Lipinski definition) is 0. The predicted molar refractivity (Wildman–Crippen MR) is 108 cm³/mol. The molecule has 2 aromatic rings. The van der Waals surface area contributed by atoms with Gasteiger partial charge in [-0.2, -0.15) is 0 Å². The number of anilines is 1. The highest BCUT2D eigenvalue weighted by atomic mass is 19.1. The molecule has 5 heteroatoms. The third-order valence-electron chi connectivity index (χ3n) is 5.67. The topological polar surface area (TPSA) is 32.8 Å². The number of ether oxygens (including phenoxy) is 1. The van der Waals surface area contributed by atoms with Gasteiger partial charge in [-0.15, -0.1) is 0 Å². The molecule has 2 aliphatic heterocycles. The maximum atomic E-state index is 13.7. The Balaban J connectivity index is 1.56. The van der Waals surface area contributed by atoms with Crippen molar-refractivity contribution in [3.8, 4) is 5.75 Å². The van der Waals surface area contributed by atoms with Gasteiger partial charge in [0.1, 0.15) is 18.2 Å². The molecule has 28 heavy (non-hydrogen) atoms. The van der Waals surface area contributed by atoms with Gasteiger partial charge >= 0.3 is 0 Å². The van der Waals surface area contributed by atoms with E-state index in [1.807, 2.05) is 23.1 Å². The van der Waals surface area contributed by atoms with Gasteiger partial charge in [-0.3, -0.25) is 4.79 Å². The third-order valence-corrected chi connectivity index (χ3v) is 5.67. The summed E-state index contributed by atoms with van der Waals surface area (Å²) in [4.78, 5) is 17.2. The molecular formula is C23H27FN2O2. The molecule has 0 aliphatic carbocycles. The van der Waals surface area contributed by atoms with Crippen LogP contribution < -0.4 is 9.64 Å². The van der Waals surface area contributed by atoms with Gasteiger partial charge in [0.05, 0.1) is 18.2 Å². The predicted octanol–water partition coefficient (Wildman–Crippen LogP) is 4.39. The van der Waals surface area contributed by atoms with E-state index < -0.39 is 0 Å². The van der Waals surface area contributed by atoms with Crippen LogP contribution in [-0.4, -0.2) is 36.5 Å². The first-order valence-electron chi connectivity index (χ1n) is 10.2. The van der Waals surface area contributed by atoms with Gasteiger partial charge in [0, 0.05) is 25.7 Å². The molecule has 148 valence electrons. The van der Waals surface area contributed by atoms with Crippen molar-refractivity contribution in [1.29, 1.82) is 0 Å². The molecule has 4 rings (SSSR count). The summed E-state index contributed by atoms with van der Waals surface area (Å²) < 4.78 is 19.5. The lowest BCUT2D eigenvalue weighted by molar-refractivity contribution is -0.131. The van der Waals surface area contributed by atoms with Crippen LogP contribution in [0.4, 0.5) is 10.1 Å². The molecule has 2 aromatic carbocycles. The minimum absolute atomic E-state index is 0.0612. The first-order valence-corrected chi connectivity index (χ1v) is 10.2. The lowest BCUT2D eigenvalue weighted by Gasteiger charge is -2.39. The minimum Gasteiger partial charge on any atom is -0.489 e. The van der Waals surface area contributed by atoms with Crippen molar-refractivity contribution >= 4 is 11.6 Å². The Morgan fingerprint density at radius 2 is 1.79 bits per heavy atom. The maximum Gasteiger partial charge on any atom is 0.224 e. The number of carbonyl (C=O) groups is 1. The molecule has 0 radical (unpaired) electrons. The Bertz CT molecular complexity index is 804. The maximum absolute atomic E-state index is 13.7. The molecule has 0 bridgehead atoms. The number of fused-ring (bicyclic) bond motifs is 1. The molecule has 1 saturated heterocycles.